The lowest BCUT2D eigenvalue weighted by molar-refractivity contribution is 0.476. The smallest absolute Gasteiger partial charge is 0.174 e. The van der Waals surface area contributed by atoms with Crippen molar-refractivity contribution in [2.75, 3.05) is 0 Å². The van der Waals surface area contributed by atoms with Crippen LogP contribution in [0.5, 0.6) is 5.75 Å². The average Bonchev–Trinajstić information content (AvgIpc) is 2.83. The molecule has 0 amide bonds. The van der Waals surface area contributed by atoms with Crippen LogP contribution in [0.25, 0.3) is 22.6 Å². The molecule has 0 bridgehead atoms. The maximum absolute atomic E-state index is 9.34. The molecular formula is C12H10N2O2. The number of phenolic OH excluding ortho intramolecular Hbond substituents is 1. The number of aromatic hydroxyl groups is 1. The first-order chi connectivity index (χ1) is 7.72. The summed E-state index contributed by atoms with van der Waals surface area (Å²) >= 11 is 0. The van der Waals surface area contributed by atoms with Crippen LogP contribution in [0.3, 0.4) is 0 Å². The minimum atomic E-state index is 0.221. The van der Waals surface area contributed by atoms with Crippen molar-refractivity contribution in [2.45, 2.75) is 6.92 Å². The molecule has 1 aromatic carbocycles. The second-order valence-electron chi connectivity index (χ2n) is 3.70. The van der Waals surface area contributed by atoms with Gasteiger partial charge in [-0.25, -0.2) is 4.98 Å². The predicted octanol–water partition coefficient (Wildman–Crippen LogP) is 2.84. The van der Waals surface area contributed by atoms with E-state index in [9.17, 15) is 5.11 Å². The van der Waals surface area contributed by atoms with Crippen molar-refractivity contribution in [1.82, 2.24) is 9.97 Å². The number of furan rings is 1. The first-order valence-electron chi connectivity index (χ1n) is 4.98. The summed E-state index contributed by atoms with van der Waals surface area (Å²) in [6, 6.07) is 8.77. The molecule has 0 saturated carbocycles. The van der Waals surface area contributed by atoms with Crippen LogP contribution in [0.15, 0.2) is 34.7 Å². The van der Waals surface area contributed by atoms with Gasteiger partial charge in [-0.05, 0) is 31.2 Å². The summed E-state index contributed by atoms with van der Waals surface area (Å²) in [5, 5.41) is 9.34. The van der Waals surface area contributed by atoms with E-state index in [0.717, 1.165) is 16.8 Å². The van der Waals surface area contributed by atoms with Crippen molar-refractivity contribution in [3.63, 3.8) is 0 Å². The first-order valence-corrected chi connectivity index (χ1v) is 4.98. The second-order valence-corrected chi connectivity index (χ2v) is 3.70. The summed E-state index contributed by atoms with van der Waals surface area (Å²) < 4.78 is 5.47. The van der Waals surface area contributed by atoms with Crippen LogP contribution in [0, 0.1) is 6.92 Å². The molecule has 2 N–H and O–H groups in total. The molecule has 80 valence electrons. The molecule has 3 rings (SSSR count). The van der Waals surface area contributed by atoms with Gasteiger partial charge in [0.05, 0.1) is 11.0 Å². The minimum Gasteiger partial charge on any atom is -0.508 e. The number of imidazole rings is 1. The Morgan fingerprint density at radius 1 is 1.25 bits per heavy atom. The van der Waals surface area contributed by atoms with E-state index in [-0.39, 0.29) is 5.75 Å². The summed E-state index contributed by atoms with van der Waals surface area (Å²) in [7, 11) is 0. The highest BCUT2D eigenvalue weighted by atomic mass is 16.3. The Bertz CT molecular complexity index is 652. The van der Waals surface area contributed by atoms with E-state index in [0.29, 0.717) is 11.6 Å². The van der Waals surface area contributed by atoms with E-state index in [1.807, 2.05) is 19.1 Å². The number of aromatic amines is 1. The van der Waals surface area contributed by atoms with Crippen LogP contribution in [0.1, 0.15) is 5.76 Å². The number of aryl methyl sites for hydroxylation is 1. The quantitative estimate of drug-likeness (QED) is 0.654. The number of hydrogen-bond donors (Lipinski definition) is 2. The molecule has 16 heavy (non-hydrogen) atoms. The zero-order chi connectivity index (χ0) is 11.1. The summed E-state index contributed by atoms with van der Waals surface area (Å²) in [4.78, 5) is 7.48. The van der Waals surface area contributed by atoms with Crippen LogP contribution in [0.4, 0.5) is 0 Å². The number of phenols is 1. The number of benzene rings is 1. The number of nitrogens with zero attached hydrogens (tertiary/aromatic N) is 1. The third-order valence-corrected chi connectivity index (χ3v) is 2.44. The zero-order valence-electron chi connectivity index (χ0n) is 8.69. The van der Waals surface area contributed by atoms with Gasteiger partial charge in [-0.1, -0.05) is 0 Å². The maximum Gasteiger partial charge on any atom is 0.174 e. The molecule has 3 aromatic rings. The lowest BCUT2D eigenvalue weighted by Crippen LogP contribution is -1.74. The Hall–Kier alpha value is -2.23. The highest BCUT2D eigenvalue weighted by Crippen LogP contribution is 2.24. The van der Waals surface area contributed by atoms with Crippen LogP contribution < -0.4 is 0 Å². The standard InChI is InChI=1S/C12H10N2O2/c1-7-2-5-11(16-7)12-13-9-4-3-8(15)6-10(9)14-12/h2-6,15H,1H3,(H,13,14). The van der Waals surface area contributed by atoms with Crippen molar-refractivity contribution in [3.8, 4) is 17.3 Å². The molecule has 0 atom stereocenters. The molecule has 4 nitrogen and oxygen atoms in total. The number of rotatable bonds is 1. The molecule has 0 radical (unpaired) electrons. The van der Waals surface area contributed by atoms with E-state index < -0.39 is 0 Å². The fraction of sp³-hybridized carbons (Fsp3) is 0.0833. The summed E-state index contributed by atoms with van der Waals surface area (Å²) in [5.41, 5.74) is 1.60. The minimum absolute atomic E-state index is 0.221. The van der Waals surface area contributed by atoms with Crippen molar-refractivity contribution in [1.29, 1.82) is 0 Å². The van der Waals surface area contributed by atoms with Gasteiger partial charge >= 0.3 is 0 Å². The van der Waals surface area contributed by atoms with Crippen molar-refractivity contribution in [3.05, 3.63) is 36.1 Å². The second kappa shape index (κ2) is 3.13. The van der Waals surface area contributed by atoms with E-state index in [1.54, 1.807) is 18.2 Å². The van der Waals surface area contributed by atoms with Gasteiger partial charge in [0.1, 0.15) is 11.5 Å². The van der Waals surface area contributed by atoms with Crippen molar-refractivity contribution in [2.24, 2.45) is 0 Å². The van der Waals surface area contributed by atoms with Gasteiger partial charge in [0.25, 0.3) is 0 Å². The third kappa shape index (κ3) is 1.35. The Morgan fingerprint density at radius 2 is 2.12 bits per heavy atom. The van der Waals surface area contributed by atoms with E-state index in [4.69, 9.17) is 4.42 Å². The Morgan fingerprint density at radius 3 is 2.88 bits per heavy atom. The Kier molecular flexibility index (Phi) is 1.77. The molecule has 0 spiro atoms. The average molecular weight is 214 g/mol. The fourth-order valence-electron chi connectivity index (χ4n) is 1.68. The predicted molar refractivity (Wildman–Crippen MR) is 60.2 cm³/mol. The number of hydrogen-bond acceptors (Lipinski definition) is 3. The lowest BCUT2D eigenvalue weighted by atomic mass is 10.3. The van der Waals surface area contributed by atoms with Crippen molar-refractivity contribution < 1.29 is 9.52 Å². The molecule has 0 unspecified atom stereocenters. The van der Waals surface area contributed by atoms with E-state index in [1.165, 1.54) is 0 Å². The number of fused-ring (bicyclic) bond motifs is 1. The molecule has 0 aliphatic rings. The van der Waals surface area contributed by atoms with Gasteiger partial charge in [-0.3, -0.25) is 0 Å². The van der Waals surface area contributed by atoms with Crippen LogP contribution in [-0.2, 0) is 0 Å². The van der Waals surface area contributed by atoms with Gasteiger partial charge in [0.15, 0.2) is 11.6 Å². The molecule has 0 saturated heterocycles. The van der Waals surface area contributed by atoms with E-state index in [2.05, 4.69) is 9.97 Å². The third-order valence-electron chi connectivity index (χ3n) is 2.44. The molecule has 2 aromatic heterocycles. The van der Waals surface area contributed by atoms with E-state index >= 15 is 0 Å². The van der Waals surface area contributed by atoms with Gasteiger partial charge < -0.3 is 14.5 Å². The summed E-state index contributed by atoms with van der Waals surface area (Å²) in [5.74, 6) is 2.44. The fourth-order valence-corrected chi connectivity index (χ4v) is 1.68. The SMILES string of the molecule is Cc1ccc(-c2nc3ccc(O)cc3[nH]2)o1. The number of aromatic nitrogens is 2. The first kappa shape index (κ1) is 9.03. The Labute approximate surface area is 91.6 Å². The van der Waals surface area contributed by atoms with Gasteiger partial charge in [0.2, 0.25) is 0 Å². The highest BCUT2D eigenvalue weighted by Gasteiger charge is 2.08. The van der Waals surface area contributed by atoms with Gasteiger partial charge in [-0.2, -0.15) is 0 Å². The molecule has 0 fully saturated rings. The maximum atomic E-state index is 9.34. The summed E-state index contributed by atoms with van der Waals surface area (Å²) in [6.07, 6.45) is 0. The molecular weight excluding hydrogens is 204 g/mol. The van der Waals surface area contributed by atoms with Gasteiger partial charge in [-0.15, -0.1) is 0 Å². The largest absolute Gasteiger partial charge is 0.508 e. The number of H-pyrrole nitrogens is 1. The van der Waals surface area contributed by atoms with Crippen LogP contribution in [0.2, 0.25) is 0 Å². The zero-order valence-corrected chi connectivity index (χ0v) is 8.69. The molecule has 0 aliphatic carbocycles. The molecule has 0 aliphatic heterocycles. The number of nitrogens with one attached hydrogen (secondary N) is 1. The lowest BCUT2D eigenvalue weighted by Gasteiger charge is -1.89. The van der Waals surface area contributed by atoms with Crippen molar-refractivity contribution >= 4 is 11.0 Å². The van der Waals surface area contributed by atoms with Crippen LogP contribution in [-0.4, -0.2) is 15.1 Å². The molecule has 4 heteroatoms. The summed E-state index contributed by atoms with van der Waals surface area (Å²) in [6.45, 7) is 1.89. The Balaban J connectivity index is 2.18. The topological polar surface area (TPSA) is 62.1 Å². The normalized spacial score (nSPS) is 11.1. The molecule has 2 heterocycles. The van der Waals surface area contributed by atoms with Gasteiger partial charge in [0, 0.05) is 6.07 Å². The monoisotopic (exact) mass is 214 g/mol. The van der Waals surface area contributed by atoms with Crippen LogP contribution >= 0.6 is 0 Å². The highest BCUT2D eigenvalue weighted by molar-refractivity contribution is 5.79.